The van der Waals surface area contributed by atoms with Gasteiger partial charge in [-0.2, -0.15) is 10.4 Å². The van der Waals surface area contributed by atoms with Gasteiger partial charge >= 0.3 is 0 Å². The molecule has 0 fully saturated rings. The standard InChI is InChI=1S/C21H17N5O2/c1-12-17-18(14-9-6-10-16(28-2)19(14)27)15(11-22)20(23)24-21(17)26(25-12)13-7-4-3-5-8-13/h3-10,14H,1-2H3,(H2,23,24). The van der Waals surface area contributed by atoms with Crippen LogP contribution in [-0.4, -0.2) is 27.7 Å². The lowest BCUT2D eigenvalue weighted by molar-refractivity contribution is -0.119. The molecular formula is C21H17N5O2. The van der Waals surface area contributed by atoms with Crippen LogP contribution in [0.2, 0.25) is 0 Å². The van der Waals surface area contributed by atoms with Gasteiger partial charge in [-0.3, -0.25) is 4.79 Å². The number of pyridine rings is 1. The van der Waals surface area contributed by atoms with Crippen molar-refractivity contribution < 1.29 is 9.53 Å². The summed E-state index contributed by atoms with van der Waals surface area (Å²) in [6.07, 6.45) is 5.08. The monoisotopic (exact) mass is 371 g/mol. The number of methoxy groups -OCH3 is 1. The number of ether oxygens (including phenoxy) is 1. The third-order valence-corrected chi connectivity index (χ3v) is 4.78. The Morgan fingerprint density at radius 3 is 2.71 bits per heavy atom. The van der Waals surface area contributed by atoms with Crippen molar-refractivity contribution in [2.75, 3.05) is 12.8 Å². The van der Waals surface area contributed by atoms with Crippen molar-refractivity contribution in [3.05, 3.63) is 71.1 Å². The number of nitrogens with zero attached hydrogens (tertiary/aromatic N) is 4. The smallest absolute Gasteiger partial charge is 0.208 e. The molecule has 0 spiro atoms. The number of hydrogen-bond donors (Lipinski definition) is 1. The van der Waals surface area contributed by atoms with Crippen molar-refractivity contribution >= 4 is 22.6 Å². The van der Waals surface area contributed by atoms with E-state index >= 15 is 0 Å². The molecule has 4 rings (SSSR count). The molecule has 0 saturated carbocycles. The van der Waals surface area contributed by atoms with Gasteiger partial charge < -0.3 is 10.5 Å². The fourth-order valence-electron chi connectivity index (χ4n) is 3.52. The molecule has 0 aliphatic heterocycles. The van der Waals surface area contributed by atoms with Gasteiger partial charge in [-0.1, -0.05) is 30.4 Å². The molecule has 138 valence electrons. The van der Waals surface area contributed by atoms with Gasteiger partial charge in [0.25, 0.3) is 0 Å². The highest BCUT2D eigenvalue weighted by atomic mass is 16.5. The van der Waals surface area contributed by atoms with Gasteiger partial charge in [-0.05, 0) is 25.1 Å². The van der Waals surface area contributed by atoms with Crippen LogP contribution in [-0.2, 0) is 9.53 Å². The number of ketones is 1. The first-order valence-corrected chi connectivity index (χ1v) is 8.67. The zero-order valence-electron chi connectivity index (χ0n) is 15.4. The molecule has 1 aliphatic carbocycles. The molecule has 3 aromatic rings. The molecule has 1 atom stereocenters. The van der Waals surface area contributed by atoms with E-state index < -0.39 is 5.92 Å². The molecule has 7 nitrogen and oxygen atoms in total. The molecule has 0 saturated heterocycles. The maximum absolute atomic E-state index is 12.9. The third kappa shape index (κ3) is 2.55. The Hall–Kier alpha value is -3.92. The second-order valence-corrected chi connectivity index (χ2v) is 6.39. The molecular weight excluding hydrogens is 354 g/mol. The van der Waals surface area contributed by atoms with Gasteiger partial charge in [0, 0.05) is 10.9 Å². The highest BCUT2D eigenvalue weighted by Gasteiger charge is 2.32. The van der Waals surface area contributed by atoms with Gasteiger partial charge in [0.15, 0.2) is 11.4 Å². The average Bonchev–Trinajstić information content (AvgIpc) is 3.04. The van der Waals surface area contributed by atoms with Crippen LogP contribution in [0.5, 0.6) is 0 Å². The van der Waals surface area contributed by atoms with E-state index in [0.717, 1.165) is 5.69 Å². The lowest BCUT2D eigenvalue weighted by Gasteiger charge is -2.19. The molecule has 0 amide bonds. The van der Waals surface area contributed by atoms with Gasteiger partial charge in [-0.15, -0.1) is 0 Å². The van der Waals surface area contributed by atoms with Crippen molar-refractivity contribution in [2.24, 2.45) is 0 Å². The molecule has 1 unspecified atom stereocenters. The van der Waals surface area contributed by atoms with Crippen LogP contribution < -0.4 is 5.73 Å². The highest BCUT2D eigenvalue weighted by molar-refractivity contribution is 6.05. The summed E-state index contributed by atoms with van der Waals surface area (Å²) in [5.41, 5.74) is 8.78. The number of nitriles is 1. The topological polar surface area (TPSA) is 107 Å². The molecule has 2 aromatic heterocycles. The lowest BCUT2D eigenvalue weighted by Crippen LogP contribution is -2.19. The highest BCUT2D eigenvalue weighted by Crippen LogP contribution is 2.37. The van der Waals surface area contributed by atoms with E-state index in [1.165, 1.54) is 7.11 Å². The number of aromatic nitrogens is 3. The number of fused-ring (bicyclic) bond motifs is 1. The maximum Gasteiger partial charge on any atom is 0.208 e. The summed E-state index contributed by atoms with van der Waals surface area (Å²) < 4.78 is 6.86. The number of rotatable bonds is 3. The second kappa shape index (κ2) is 6.67. The number of para-hydroxylation sites is 1. The average molecular weight is 371 g/mol. The summed E-state index contributed by atoms with van der Waals surface area (Å²) in [5, 5.41) is 15.0. The van der Waals surface area contributed by atoms with Gasteiger partial charge in [0.1, 0.15) is 11.9 Å². The van der Waals surface area contributed by atoms with Gasteiger partial charge in [0.05, 0.1) is 30.0 Å². The number of allylic oxidation sites excluding steroid dienone is 4. The molecule has 0 bridgehead atoms. The Balaban J connectivity index is 2.05. The fourth-order valence-corrected chi connectivity index (χ4v) is 3.52. The summed E-state index contributed by atoms with van der Waals surface area (Å²) in [6, 6.07) is 11.6. The first kappa shape index (κ1) is 17.5. The summed E-state index contributed by atoms with van der Waals surface area (Å²) in [7, 11) is 1.44. The molecule has 7 heteroatoms. The van der Waals surface area contributed by atoms with Crippen molar-refractivity contribution in [2.45, 2.75) is 12.8 Å². The van der Waals surface area contributed by atoms with Crippen molar-refractivity contribution in [1.29, 1.82) is 5.26 Å². The molecule has 1 aromatic carbocycles. The Kier molecular flexibility index (Phi) is 4.17. The number of benzene rings is 1. The number of aryl methyl sites for hydroxylation is 1. The first-order valence-electron chi connectivity index (χ1n) is 8.67. The minimum absolute atomic E-state index is 0.0665. The number of hydrogen-bond acceptors (Lipinski definition) is 6. The zero-order valence-corrected chi connectivity index (χ0v) is 15.4. The maximum atomic E-state index is 12.9. The lowest BCUT2D eigenvalue weighted by atomic mass is 9.85. The first-order chi connectivity index (χ1) is 13.6. The van der Waals surface area contributed by atoms with E-state index in [1.54, 1.807) is 22.9 Å². The SMILES string of the molecule is COC1=CC=CC(c2c(C#N)c(N)nc3c2c(C)nn3-c2ccccc2)C1=O. The molecule has 28 heavy (non-hydrogen) atoms. The Morgan fingerprint density at radius 1 is 1.29 bits per heavy atom. The fraction of sp³-hybridized carbons (Fsp3) is 0.143. The van der Waals surface area contributed by atoms with Crippen molar-refractivity contribution in [3.8, 4) is 11.8 Å². The summed E-state index contributed by atoms with van der Waals surface area (Å²) in [4.78, 5) is 17.4. The Bertz CT molecular complexity index is 1200. The predicted octanol–water partition coefficient (Wildman–Crippen LogP) is 2.94. The summed E-state index contributed by atoms with van der Waals surface area (Å²) in [6.45, 7) is 1.83. The number of carbonyl (C=O) groups is 1. The van der Waals surface area contributed by atoms with Crippen molar-refractivity contribution in [1.82, 2.24) is 14.8 Å². The number of nitrogens with two attached hydrogens (primary N) is 1. The minimum Gasteiger partial charge on any atom is -0.493 e. The van der Waals surface area contributed by atoms with Crippen LogP contribution in [0.15, 0.2) is 54.3 Å². The molecule has 2 heterocycles. The van der Waals surface area contributed by atoms with Crippen LogP contribution in [0.4, 0.5) is 5.82 Å². The van der Waals surface area contributed by atoms with Gasteiger partial charge in [-0.25, -0.2) is 9.67 Å². The van der Waals surface area contributed by atoms with E-state index in [0.29, 0.717) is 22.3 Å². The molecule has 1 aliphatic rings. The van der Waals surface area contributed by atoms with Crippen molar-refractivity contribution in [3.63, 3.8) is 0 Å². The van der Waals surface area contributed by atoms with E-state index in [4.69, 9.17) is 10.5 Å². The summed E-state index contributed by atoms with van der Waals surface area (Å²) >= 11 is 0. The van der Waals surface area contributed by atoms with Crippen LogP contribution >= 0.6 is 0 Å². The van der Waals surface area contributed by atoms with Crippen LogP contribution in [0.25, 0.3) is 16.7 Å². The predicted molar refractivity (Wildman–Crippen MR) is 105 cm³/mol. The number of anilines is 1. The van der Waals surface area contributed by atoms with Gasteiger partial charge in [0.2, 0.25) is 5.78 Å². The second-order valence-electron chi connectivity index (χ2n) is 6.39. The minimum atomic E-state index is -0.700. The Labute approximate surface area is 161 Å². The number of Topliss-reactive ketones (excluding diaryl/α,β-unsaturated/α-hetero) is 1. The summed E-state index contributed by atoms with van der Waals surface area (Å²) in [5.74, 6) is -0.639. The zero-order chi connectivity index (χ0) is 19.8. The van der Waals surface area contributed by atoms with Crippen LogP contribution in [0.1, 0.15) is 22.7 Å². The number of nitrogen functional groups attached to an aromatic ring is 1. The van der Waals surface area contributed by atoms with E-state index in [2.05, 4.69) is 16.2 Å². The van der Waals surface area contributed by atoms with E-state index in [-0.39, 0.29) is 22.9 Å². The number of carbonyl (C=O) groups excluding carboxylic acids is 1. The largest absolute Gasteiger partial charge is 0.493 e. The molecule has 2 N–H and O–H groups in total. The van der Waals surface area contributed by atoms with Crippen LogP contribution in [0, 0.1) is 18.3 Å². The molecule has 0 radical (unpaired) electrons. The third-order valence-electron chi connectivity index (χ3n) is 4.78. The van der Waals surface area contributed by atoms with E-state index in [9.17, 15) is 10.1 Å². The normalized spacial score (nSPS) is 16.1. The van der Waals surface area contributed by atoms with E-state index in [1.807, 2.05) is 37.3 Å². The Morgan fingerprint density at radius 2 is 2.04 bits per heavy atom. The quantitative estimate of drug-likeness (QED) is 0.758. The van der Waals surface area contributed by atoms with Crippen LogP contribution in [0.3, 0.4) is 0 Å².